The summed E-state index contributed by atoms with van der Waals surface area (Å²) in [5.74, 6) is -0.193. The summed E-state index contributed by atoms with van der Waals surface area (Å²) >= 11 is 1.32. The molecular weight excluding hydrogens is 392 g/mol. The average molecular weight is 417 g/mol. The largest absolute Gasteiger partial charge is 0.350 e. The predicted molar refractivity (Wildman–Crippen MR) is 112 cm³/mol. The molecule has 2 heterocycles. The van der Waals surface area contributed by atoms with Crippen LogP contribution in [0.1, 0.15) is 32.1 Å². The second-order valence-corrected chi connectivity index (χ2v) is 10.7. The smallest absolute Gasteiger partial charge is 0.253 e. The van der Waals surface area contributed by atoms with E-state index in [0.29, 0.717) is 23.6 Å². The molecule has 1 aliphatic heterocycles. The second kappa shape index (κ2) is 7.46. The van der Waals surface area contributed by atoms with Gasteiger partial charge >= 0.3 is 0 Å². The highest BCUT2D eigenvalue weighted by Crippen LogP contribution is 2.47. The third-order valence-electron chi connectivity index (χ3n) is 5.84. The number of thiophene rings is 1. The second-order valence-electron chi connectivity index (χ2n) is 7.54. The van der Waals surface area contributed by atoms with E-state index in [-0.39, 0.29) is 17.5 Å². The lowest BCUT2D eigenvalue weighted by molar-refractivity contribution is -0.117. The van der Waals surface area contributed by atoms with Gasteiger partial charge in [-0.3, -0.25) is 4.79 Å². The first-order valence-electron chi connectivity index (χ1n) is 9.56. The van der Waals surface area contributed by atoms with Crippen LogP contribution in [0.3, 0.4) is 0 Å². The number of hydrogen-bond donors (Lipinski definition) is 1. The van der Waals surface area contributed by atoms with Crippen LogP contribution >= 0.6 is 11.3 Å². The van der Waals surface area contributed by atoms with Crippen LogP contribution in [0.15, 0.2) is 59.3 Å². The van der Waals surface area contributed by atoms with Gasteiger partial charge in [-0.25, -0.2) is 8.42 Å². The fourth-order valence-electron chi connectivity index (χ4n) is 4.29. The van der Waals surface area contributed by atoms with Crippen LogP contribution in [-0.2, 0) is 14.8 Å². The number of nitrogens with zero attached hydrogens (tertiary/aromatic N) is 1. The first-order chi connectivity index (χ1) is 13.4. The zero-order chi connectivity index (χ0) is 19.8. The summed E-state index contributed by atoms with van der Waals surface area (Å²) in [6.45, 7) is 3.93. The molecule has 1 N–H and O–H groups in total. The number of nitrogens with one attached hydrogen (secondary N) is 1. The van der Waals surface area contributed by atoms with Gasteiger partial charge < -0.3 is 5.32 Å². The van der Waals surface area contributed by atoms with E-state index in [9.17, 15) is 13.2 Å². The minimum atomic E-state index is -3.56. The van der Waals surface area contributed by atoms with E-state index in [1.165, 1.54) is 17.4 Å². The minimum Gasteiger partial charge on any atom is -0.350 e. The fraction of sp³-hybridized carbons (Fsp3) is 0.381. The Morgan fingerprint density at radius 1 is 1.21 bits per heavy atom. The van der Waals surface area contributed by atoms with Crippen molar-refractivity contribution in [1.82, 2.24) is 9.62 Å². The van der Waals surface area contributed by atoms with Crippen molar-refractivity contribution in [3.63, 3.8) is 0 Å². The van der Waals surface area contributed by atoms with E-state index in [0.717, 1.165) is 29.7 Å². The fourth-order valence-corrected chi connectivity index (χ4v) is 7.57. The number of amides is 1. The number of carbonyl (C=O) groups is 1. The van der Waals surface area contributed by atoms with Crippen LogP contribution in [0, 0.1) is 0 Å². The van der Waals surface area contributed by atoms with Crippen molar-refractivity contribution in [2.45, 2.75) is 47.9 Å². The van der Waals surface area contributed by atoms with Gasteiger partial charge in [-0.15, -0.1) is 11.3 Å². The van der Waals surface area contributed by atoms with Gasteiger partial charge in [-0.2, -0.15) is 4.31 Å². The molecule has 1 saturated carbocycles. The van der Waals surface area contributed by atoms with E-state index in [2.05, 4.69) is 11.9 Å². The van der Waals surface area contributed by atoms with Crippen LogP contribution in [-0.4, -0.2) is 36.8 Å². The number of rotatable bonds is 5. The summed E-state index contributed by atoms with van der Waals surface area (Å²) < 4.78 is 29.0. The van der Waals surface area contributed by atoms with E-state index < -0.39 is 10.0 Å². The SMILES string of the molecule is C=CC(=O)NC1CCN(S(=O)(=O)c2ccc(-c3ccccc3)s2)C2(CCC2)C1. The molecule has 1 saturated heterocycles. The van der Waals surface area contributed by atoms with Crippen LogP contribution in [0.25, 0.3) is 10.4 Å². The maximum Gasteiger partial charge on any atom is 0.253 e. The number of benzene rings is 1. The minimum absolute atomic E-state index is 0.000431. The highest BCUT2D eigenvalue weighted by atomic mass is 32.2. The van der Waals surface area contributed by atoms with Crippen molar-refractivity contribution in [2.75, 3.05) is 6.54 Å². The third kappa shape index (κ3) is 3.43. The molecule has 0 radical (unpaired) electrons. The van der Waals surface area contributed by atoms with Gasteiger partial charge in [0.2, 0.25) is 5.91 Å². The number of sulfonamides is 1. The Morgan fingerprint density at radius 2 is 1.96 bits per heavy atom. The van der Waals surface area contributed by atoms with E-state index in [1.807, 2.05) is 36.4 Å². The first kappa shape index (κ1) is 19.4. The Labute approximate surface area is 170 Å². The molecular formula is C21H24N2O3S2. The van der Waals surface area contributed by atoms with Gasteiger partial charge in [-0.1, -0.05) is 36.9 Å². The molecule has 2 aromatic rings. The average Bonchev–Trinajstić information content (AvgIpc) is 3.18. The van der Waals surface area contributed by atoms with E-state index in [4.69, 9.17) is 0 Å². The molecule has 28 heavy (non-hydrogen) atoms. The van der Waals surface area contributed by atoms with Crippen LogP contribution < -0.4 is 5.32 Å². The molecule has 7 heteroatoms. The molecule has 148 valence electrons. The molecule has 1 aromatic heterocycles. The third-order valence-corrected chi connectivity index (χ3v) is 9.44. The Kier molecular flexibility index (Phi) is 5.16. The number of hydrogen-bond acceptors (Lipinski definition) is 4. The maximum atomic E-state index is 13.5. The van der Waals surface area contributed by atoms with Crippen molar-refractivity contribution in [2.24, 2.45) is 0 Å². The van der Waals surface area contributed by atoms with Crippen LogP contribution in [0.5, 0.6) is 0 Å². The summed E-state index contributed by atoms with van der Waals surface area (Å²) in [6.07, 6.45) is 5.29. The van der Waals surface area contributed by atoms with Crippen LogP contribution in [0.4, 0.5) is 0 Å². The zero-order valence-electron chi connectivity index (χ0n) is 15.6. The molecule has 2 fully saturated rings. The molecule has 5 nitrogen and oxygen atoms in total. The monoisotopic (exact) mass is 416 g/mol. The molecule has 1 unspecified atom stereocenters. The highest BCUT2D eigenvalue weighted by molar-refractivity contribution is 7.91. The normalized spacial score (nSPS) is 21.8. The van der Waals surface area contributed by atoms with Crippen molar-refractivity contribution < 1.29 is 13.2 Å². The zero-order valence-corrected chi connectivity index (χ0v) is 17.3. The van der Waals surface area contributed by atoms with Gasteiger partial charge in [0.05, 0.1) is 0 Å². The molecule has 0 bridgehead atoms. The molecule has 1 aromatic carbocycles. The Hall–Kier alpha value is -1.96. The van der Waals surface area contributed by atoms with Gasteiger partial charge in [0.25, 0.3) is 10.0 Å². The maximum absolute atomic E-state index is 13.5. The van der Waals surface area contributed by atoms with E-state index >= 15 is 0 Å². The lowest BCUT2D eigenvalue weighted by atomic mass is 9.70. The Morgan fingerprint density at radius 3 is 2.61 bits per heavy atom. The van der Waals surface area contributed by atoms with Gasteiger partial charge in [0, 0.05) is 23.0 Å². The lowest BCUT2D eigenvalue weighted by Crippen LogP contribution is -2.62. The summed E-state index contributed by atoms with van der Waals surface area (Å²) in [4.78, 5) is 12.6. The van der Waals surface area contributed by atoms with Gasteiger partial charge in [0.1, 0.15) is 4.21 Å². The van der Waals surface area contributed by atoms with Crippen LogP contribution in [0.2, 0.25) is 0 Å². The highest BCUT2D eigenvalue weighted by Gasteiger charge is 2.52. The molecule has 1 aliphatic carbocycles. The predicted octanol–water partition coefficient (Wildman–Crippen LogP) is 3.79. The first-order valence-corrected chi connectivity index (χ1v) is 11.8. The van der Waals surface area contributed by atoms with Gasteiger partial charge in [-0.05, 0) is 55.9 Å². The number of piperidine rings is 1. The lowest BCUT2D eigenvalue weighted by Gasteiger charge is -2.53. The topological polar surface area (TPSA) is 66.5 Å². The Balaban J connectivity index is 1.58. The summed E-state index contributed by atoms with van der Waals surface area (Å²) in [5.41, 5.74) is 0.658. The van der Waals surface area contributed by atoms with Crippen molar-refractivity contribution in [3.05, 3.63) is 55.1 Å². The molecule has 4 rings (SSSR count). The quantitative estimate of drug-likeness (QED) is 0.754. The molecule has 1 atom stereocenters. The summed E-state index contributed by atoms with van der Waals surface area (Å²) in [6, 6.07) is 13.4. The van der Waals surface area contributed by atoms with Crippen molar-refractivity contribution in [3.8, 4) is 10.4 Å². The van der Waals surface area contributed by atoms with Gasteiger partial charge in [0.15, 0.2) is 0 Å². The van der Waals surface area contributed by atoms with E-state index in [1.54, 1.807) is 10.4 Å². The molecule has 2 aliphatic rings. The Bertz CT molecular complexity index is 978. The van der Waals surface area contributed by atoms with Crippen molar-refractivity contribution in [1.29, 1.82) is 0 Å². The standard InChI is InChI=1S/C21H24N2O3S2/c1-2-19(24)22-17-11-14-23(21(15-17)12-6-13-21)28(25,26)20-10-9-18(27-20)16-7-4-3-5-8-16/h2-5,7-10,17H,1,6,11-15H2,(H,22,24). The number of carbonyl (C=O) groups excluding carboxylic acids is 1. The summed E-state index contributed by atoms with van der Waals surface area (Å²) in [5, 5.41) is 2.95. The van der Waals surface area contributed by atoms with Crippen molar-refractivity contribution >= 4 is 27.3 Å². The molecule has 1 spiro atoms. The summed E-state index contributed by atoms with van der Waals surface area (Å²) in [7, 11) is -3.56. The molecule has 1 amide bonds.